The zero-order valence-electron chi connectivity index (χ0n) is 19.1. The number of benzene rings is 1. The molecule has 3 amide bonds. The Morgan fingerprint density at radius 3 is 2.55 bits per heavy atom. The predicted octanol–water partition coefficient (Wildman–Crippen LogP) is 4.91. The molecule has 1 atom stereocenters. The molecule has 1 aliphatic heterocycles. The number of carbonyl (C=O) groups excluding carboxylic acids is 3. The van der Waals surface area contributed by atoms with Gasteiger partial charge in [-0.15, -0.1) is 0 Å². The standard InChI is InChI=1S/C24H35N3O4/c1-5-7-8-9-10-14-20(28)25-19-13-11-12-18(16-19)22-21(23(29)31-4)17(3)27(15-6-2)24(30)26-22/h11-13,16,22H,5-10,14-15H2,1-4H3,(H,25,28)(H,26,30). The van der Waals surface area contributed by atoms with Crippen molar-refractivity contribution < 1.29 is 19.1 Å². The summed E-state index contributed by atoms with van der Waals surface area (Å²) in [5, 5.41) is 5.84. The minimum atomic E-state index is -0.640. The molecular weight excluding hydrogens is 394 g/mol. The number of urea groups is 1. The first kappa shape index (κ1) is 24.4. The van der Waals surface area contributed by atoms with E-state index in [1.54, 1.807) is 30.0 Å². The Balaban J connectivity index is 2.18. The Morgan fingerprint density at radius 1 is 1.13 bits per heavy atom. The number of amides is 3. The zero-order chi connectivity index (χ0) is 22.8. The third-order valence-corrected chi connectivity index (χ3v) is 5.46. The monoisotopic (exact) mass is 429 g/mol. The van der Waals surface area contributed by atoms with E-state index in [2.05, 4.69) is 17.6 Å². The van der Waals surface area contributed by atoms with Crippen molar-refractivity contribution in [3.63, 3.8) is 0 Å². The maximum absolute atomic E-state index is 12.6. The van der Waals surface area contributed by atoms with Gasteiger partial charge in [-0.2, -0.15) is 0 Å². The van der Waals surface area contributed by atoms with E-state index in [0.717, 1.165) is 25.7 Å². The quantitative estimate of drug-likeness (QED) is 0.386. The number of anilines is 1. The SMILES string of the molecule is CCCCCCCC(=O)Nc1cccc(C2NC(=O)N(CCC)C(C)=C2C(=O)OC)c1. The first-order chi connectivity index (χ1) is 14.9. The van der Waals surface area contributed by atoms with Crippen LogP contribution >= 0.6 is 0 Å². The zero-order valence-corrected chi connectivity index (χ0v) is 19.1. The Bertz CT molecular complexity index is 819. The lowest BCUT2D eigenvalue weighted by Crippen LogP contribution is -2.48. The van der Waals surface area contributed by atoms with Crippen LogP contribution in [0.5, 0.6) is 0 Å². The average Bonchev–Trinajstić information content (AvgIpc) is 2.75. The summed E-state index contributed by atoms with van der Waals surface area (Å²) in [6.07, 6.45) is 6.69. The fourth-order valence-electron chi connectivity index (χ4n) is 3.81. The van der Waals surface area contributed by atoms with Crippen molar-refractivity contribution in [1.82, 2.24) is 10.2 Å². The second-order valence-electron chi connectivity index (χ2n) is 7.86. The van der Waals surface area contributed by atoms with E-state index in [0.29, 0.717) is 35.5 Å². The number of hydrogen-bond acceptors (Lipinski definition) is 4. The maximum Gasteiger partial charge on any atom is 0.337 e. The molecule has 0 saturated heterocycles. The fraction of sp³-hybridized carbons (Fsp3) is 0.542. The lowest BCUT2D eigenvalue weighted by Gasteiger charge is -2.35. The number of nitrogens with one attached hydrogen (secondary N) is 2. The summed E-state index contributed by atoms with van der Waals surface area (Å²) in [6, 6.07) is 6.35. The van der Waals surface area contributed by atoms with Crippen LogP contribution in [0.1, 0.15) is 77.3 Å². The molecule has 170 valence electrons. The van der Waals surface area contributed by atoms with Crippen molar-refractivity contribution >= 4 is 23.6 Å². The van der Waals surface area contributed by atoms with E-state index in [9.17, 15) is 14.4 Å². The number of carbonyl (C=O) groups is 3. The van der Waals surface area contributed by atoms with Gasteiger partial charge in [0.2, 0.25) is 5.91 Å². The highest BCUT2D eigenvalue weighted by atomic mass is 16.5. The van der Waals surface area contributed by atoms with E-state index in [1.165, 1.54) is 20.0 Å². The first-order valence-corrected chi connectivity index (χ1v) is 11.2. The minimum absolute atomic E-state index is 0.0321. The molecule has 0 fully saturated rings. The van der Waals surface area contributed by atoms with Gasteiger partial charge in [-0.25, -0.2) is 9.59 Å². The Kier molecular flexibility index (Phi) is 9.56. The summed E-state index contributed by atoms with van der Waals surface area (Å²) < 4.78 is 5.00. The van der Waals surface area contributed by atoms with Gasteiger partial charge in [-0.3, -0.25) is 9.69 Å². The number of hydrogen-bond donors (Lipinski definition) is 2. The van der Waals surface area contributed by atoms with Crippen molar-refractivity contribution in [1.29, 1.82) is 0 Å². The molecule has 0 aromatic heterocycles. The van der Waals surface area contributed by atoms with Gasteiger partial charge in [0, 0.05) is 24.4 Å². The summed E-state index contributed by atoms with van der Waals surface area (Å²) >= 11 is 0. The van der Waals surface area contributed by atoms with E-state index >= 15 is 0 Å². The summed E-state index contributed by atoms with van der Waals surface area (Å²) in [6.45, 7) is 6.41. The van der Waals surface area contributed by atoms with Crippen LogP contribution in [0.2, 0.25) is 0 Å². The van der Waals surface area contributed by atoms with Gasteiger partial charge in [0.05, 0.1) is 18.7 Å². The predicted molar refractivity (Wildman–Crippen MR) is 121 cm³/mol. The van der Waals surface area contributed by atoms with Gasteiger partial charge in [-0.05, 0) is 37.5 Å². The topological polar surface area (TPSA) is 87.7 Å². The van der Waals surface area contributed by atoms with Gasteiger partial charge in [0.15, 0.2) is 0 Å². The highest BCUT2D eigenvalue weighted by Crippen LogP contribution is 2.32. The number of nitrogens with zero attached hydrogens (tertiary/aromatic N) is 1. The van der Waals surface area contributed by atoms with Crippen LogP contribution in [-0.2, 0) is 14.3 Å². The second kappa shape index (κ2) is 12.1. The van der Waals surface area contributed by atoms with E-state index in [1.807, 2.05) is 13.0 Å². The van der Waals surface area contributed by atoms with Crippen molar-refractivity contribution in [3.05, 3.63) is 41.1 Å². The Hall–Kier alpha value is -2.83. The molecule has 7 heteroatoms. The molecule has 2 N–H and O–H groups in total. The smallest absolute Gasteiger partial charge is 0.337 e. The molecule has 1 aromatic rings. The van der Waals surface area contributed by atoms with Gasteiger partial charge in [0.1, 0.15) is 0 Å². The van der Waals surface area contributed by atoms with Crippen LogP contribution in [0.15, 0.2) is 35.5 Å². The van der Waals surface area contributed by atoms with Crippen molar-refractivity contribution in [2.75, 3.05) is 19.0 Å². The van der Waals surface area contributed by atoms with Crippen molar-refractivity contribution in [2.45, 2.75) is 71.8 Å². The third-order valence-electron chi connectivity index (χ3n) is 5.46. The van der Waals surface area contributed by atoms with Gasteiger partial charge >= 0.3 is 12.0 Å². The molecule has 0 spiro atoms. The fourth-order valence-corrected chi connectivity index (χ4v) is 3.81. The van der Waals surface area contributed by atoms with Gasteiger partial charge < -0.3 is 15.4 Å². The highest BCUT2D eigenvalue weighted by Gasteiger charge is 2.35. The molecule has 31 heavy (non-hydrogen) atoms. The molecule has 2 rings (SSSR count). The first-order valence-electron chi connectivity index (χ1n) is 11.2. The molecule has 0 radical (unpaired) electrons. The number of ether oxygens (including phenoxy) is 1. The minimum Gasteiger partial charge on any atom is -0.466 e. The number of allylic oxidation sites excluding steroid dienone is 1. The molecule has 1 unspecified atom stereocenters. The Labute approximate surface area is 185 Å². The molecule has 0 saturated carbocycles. The molecule has 7 nitrogen and oxygen atoms in total. The van der Waals surface area contributed by atoms with Crippen LogP contribution in [0.3, 0.4) is 0 Å². The summed E-state index contributed by atoms with van der Waals surface area (Å²) in [4.78, 5) is 39.1. The van der Waals surface area contributed by atoms with Crippen LogP contribution < -0.4 is 10.6 Å². The molecule has 0 bridgehead atoms. The number of esters is 1. The molecule has 0 aliphatic carbocycles. The average molecular weight is 430 g/mol. The van der Waals surface area contributed by atoms with E-state index in [4.69, 9.17) is 4.74 Å². The lowest BCUT2D eigenvalue weighted by atomic mass is 9.94. The molecular formula is C24H35N3O4. The van der Waals surface area contributed by atoms with E-state index < -0.39 is 12.0 Å². The number of rotatable bonds is 11. The molecule has 1 heterocycles. The Morgan fingerprint density at radius 2 is 1.87 bits per heavy atom. The van der Waals surface area contributed by atoms with Crippen LogP contribution in [0.25, 0.3) is 0 Å². The van der Waals surface area contributed by atoms with Gasteiger partial charge in [-0.1, -0.05) is 51.7 Å². The van der Waals surface area contributed by atoms with Crippen molar-refractivity contribution in [2.24, 2.45) is 0 Å². The maximum atomic E-state index is 12.6. The lowest BCUT2D eigenvalue weighted by molar-refractivity contribution is -0.136. The molecule has 1 aromatic carbocycles. The van der Waals surface area contributed by atoms with Crippen LogP contribution in [-0.4, -0.2) is 36.5 Å². The second-order valence-corrected chi connectivity index (χ2v) is 7.86. The largest absolute Gasteiger partial charge is 0.466 e. The normalized spacial score (nSPS) is 16.2. The summed E-state index contributed by atoms with van der Waals surface area (Å²) in [7, 11) is 1.33. The van der Waals surface area contributed by atoms with Crippen molar-refractivity contribution in [3.8, 4) is 0 Å². The summed E-state index contributed by atoms with van der Waals surface area (Å²) in [5.74, 6) is -0.513. The number of unbranched alkanes of at least 4 members (excludes halogenated alkanes) is 4. The van der Waals surface area contributed by atoms with Crippen LogP contribution in [0, 0.1) is 0 Å². The van der Waals surface area contributed by atoms with E-state index in [-0.39, 0.29) is 11.9 Å². The number of methoxy groups -OCH3 is 1. The highest BCUT2D eigenvalue weighted by molar-refractivity contribution is 5.95. The van der Waals surface area contributed by atoms with Gasteiger partial charge in [0.25, 0.3) is 0 Å². The van der Waals surface area contributed by atoms with Crippen LogP contribution in [0.4, 0.5) is 10.5 Å². The summed E-state index contributed by atoms with van der Waals surface area (Å²) in [5.41, 5.74) is 2.34. The third kappa shape index (κ3) is 6.57. The molecule has 1 aliphatic rings.